The van der Waals surface area contributed by atoms with E-state index >= 15 is 0 Å². The van der Waals surface area contributed by atoms with Gasteiger partial charge in [-0.3, -0.25) is 14.3 Å². The summed E-state index contributed by atoms with van der Waals surface area (Å²) < 4.78 is 1.56. The first-order chi connectivity index (χ1) is 7.09. The minimum absolute atomic E-state index is 0.0590. The number of hydrogen-bond acceptors (Lipinski definition) is 3. The first-order valence-electron chi connectivity index (χ1n) is 4.97. The predicted molar refractivity (Wildman–Crippen MR) is 53.4 cm³/mol. The summed E-state index contributed by atoms with van der Waals surface area (Å²) in [5, 5.41) is 4.18. The summed E-state index contributed by atoms with van der Waals surface area (Å²) in [4.78, 5) is 22.5. The van der Waals surface area contributed by atoms with E-state index in [9.17, 15) is 9.59 Å². The molecule has 0 atom stereocenters. The van der Waals surface area contributed by atoms with Crippen molar-refractivity contribution >= 4 is 11.7 Å². The molecule has 1 aromatic rings. The molecule has 0 unspecified atom stereocenters. The van der Waals surface area contributed by atoms with Gasteiger partial charge in [0.25, 0.3) is 0 Å². The van der Waals surface area contributed by atoms with Gasteiger partial charge in [-0.1, -0.05) is 0 Å². The van der Waals surface area contributed by atoms with Crippen LogP contribution in [0.3, 0.4) is 0 Å². The Balaban J connectivity index is 2.46. The lowest BCUT2D eigenvalue weighted by Gasteiger charge is -2.12. The van der Waals surface area contributed by atoms with Crippen LogP contribution in [0.15, 0.2) is 0 Å². The van der Waals surface area contributed by atoms with Crippen LogP contribution >= 0.6 is 0 Å². The number of amides is 1. The monoisotopic (exact) mass is 207 g/mol. The lowest BCUT2D eigenvalue weighted by Crippen LogP contribution is -2.22. The molecule has 5 nitrogen and oxygen atoms in total. The Labute approximate surface area is 87.3 Å². The smallest absolute Gasteiger partial charge is 0.239 e. The number of hydrogen-bond donors (Lipinski definition) is 1. The SMILES string of the molecule is Cc1nn(CC(N)=O)c2c1C(=O)CCC2. The number of aryl methyl sites for hydroxylation is 1. The number of rotatable bonds is 2. The summed E-state index contributed by atoms with van der Waals surface area (Å²) in [5.41, 5.74) is 7.38. The average Bonchev–Trinajstić information content (AvgIpc) is 2.44. The summed E-state index contributed by atoms with van der Waals surface area (Å²) in [7, 11) is 0. The van der Waals surface area contributed by atoms with Gasteiger partial charge in [0.2, 0.25) is 5.91 Å². The highest BCUT2D eigenvalue weighted by Crippen LogP contribution is 2.23. The number of nitrogens with two attached hydrogens (primary N) is 1. The van der Waals surface area contributed by atoms with Gasteiger partial charge in [-0.25, -0.2) is 0 Å². The van der Waals surface area contributed by atoms with Crippen molar-refractivity contribution < 1.29 is 9.59 Å². The van der Waals surface area contributed by atoms with Crippen LogP contribution in [0, 0.1) is 6.92 Å². The minimum atomic E-state index is -0.432. The van der Waals surface area contributed by atoms with E-state index in [0.29, 0.717) is 17.7 Å². The highest BCUT2D eigenvalue weighted by molar-refractivity contribution is 5.99. The number of carbonyl (C=O) groups excluding carboxylic acids is 2. The normalized spacial score (nSPS) is 15.1. The van der Waals surface area contributed by atoms with E-state index in [0.717, 1.165) is 18.5 Å². The quantitative estimate of drug-likeness (QED) is 0.752. The molecule has 0 aromatic carbocycles. The van der Waals surface area contributed by atoms with E-state index in [4.69, 9.17) is 5.73 Å². The number of fused-ring (bicyclic) bond motifs is 1. The third-order valence-corrected chi connectivity index (χ3v) is 2.63. The van der Waals surface area contributed by atoms with Gasteiger partial charge in [-0.2, -0.15) is 5.10 Å². The summed E-state index contributed by atoms with van der Waals surface area (Å²) in [6.07, 6.45) is 2.21. The second-order valence-corrected chi connectivity index (χ2v) is 3.81. The largest absolute Gasteiger partial charge is 0.368 e. The number of nitrogens with zero attached hydrogens (tertiary/aromatic N) is 2. The molecule has 0 bridgehead atoms. The zero-order valence-electron chi connectivity index (χ0n) is 8.62. The standard InChI is InChI=1S/C10H13N3O2/c1-6-10-7(3-2-4-8(10)14)13(12-6)5-9(11)15/h2-5H2,1H3,(H2,11,15). The Morgan fingerprint density at radius 1 is 1.53 bits per heavy atom. The molecule has 2 N–H and O–H groups in total. The molecule has 1 aliphatic rings. The maximum absolute atomic E-state index is 11.6. The maximum Gasteiger partial charge on any atom is 0.239 e. The van der Waals surface area contributed by atoms with Crippen molar-refractivity contribution in [1.29, 1.82) is 0 Å². The molecule has 1 aromatic heterocycles. The third kappa shape index (κ3) is 1.65. The van der Waals surface area contributed by atoms with Gasteiger partial charge in [0.1, 0.15) is 6.54 Å². The van der Waals surface area contributed by atoms with Gasteiger partial charge in [0, 0.05) is 6.42 Å². The lowest BCUT2D eigenvalue weighted by molar-refractivity contribution is -0.118. The fourth-order valence-corrected chi connectivity index (χ4v) is 2.07. The minimum Gasteiger partial charge on any atom is -0.368 e. The molecule has 0 fully saturated rings. The van der Waals surface area contributed by atoms with Crippen LogP contribution < -0.4 is 5.73 Å². The Bertz CT molecular complexity index is 434. The number of aromatic nitrogens is 2. The summed E-state index contributed by atoms with van der Waals surface area (Å²) in [5.74, 6) is -0.303. The van der Waals surface area contributed by atoms with Crippen LogP contribution in [0.1, 0.15) is 34.6 Å². The molecular formula is C10H13N3O2. The van der Waals surface area contributed by atoms with E-state index in [1.54, 1.807) is 11.6 Å². The Morgan fingerprint density at radius 3 is 2.93 bits per heavy atom. The van der Waals surface area contributed by atoms with Crippen LogP contribution in [0.5, 0.6) is 0 Å². The number of primary amides is 1. The molecule has 80 valence electrons. The second-order valence-electron chi connectivity index (χ2n) is 3.81. The Hall–Kier alpha value is -1.65. The topological polar surface area (TPSA) is 78.0 Å². The zero-order chi connectivity index (χ0) is 11.0. The van der Waals surface area contributed by atoms with Crippen molar-refractivity contribution in [2.75, 3.05) is 0 Å². The van der Waals surface area contributed by atoms with Crippen molar-refractivity contribution in [2.24, 2.45) is 5.73 Å². The molecule has 0 aliphatic heterocycles. The van der Waals surface area contributed by atoms with Crippen LogP contribution in [-0.4, -0.2) is 21.5 Å². The van der Waals surface area contributed by atoms with E-state index in [-0.39, 0.29) is 12.3 Å². The highest BCUT2D eigenvalue weighted by Gasteiger charge is 2.25. The molecule has 1 aliphatic carbocycles. The lowest BCUT2D eigenvalue weighted by atomic mass is 9.95. The molecule has 0 radical (unpaired) electrons. The van der Waals surface area contributed by atoms with Gasteiger partial charge in [0.05, 0.1) is 17.0 Å². The molecule has 0 saturated carbocycles. The van der Waals surface area contributed by atoms with Gasteiger partial charge in [0.15, 0.2) is 5.78 Å². The number of ketones is 1. The van der Waals surface area contributed by atoms with E-state index in [1.165, 1.54) is 0 Å². The molecule has 15 heavy (non-hydrogen) atoms. The molecular weight excluding hydrogens is 194 g/mol. The van der Waals surface area contributed by atoms with Crippen molar-refractivity contribution in [1.82, 2.24) is 9.78 Å². The van der Waals surface area contributed by atoms with Crippen LogP contribution in [0.4, 0.5) is 0 Å². The first-order valence-corrected chi connectivity index (χ1v) is 4.97. The first kappa shape index (κ1) is 9.89. The van der Waals surface area contributed by atoms with Gasteiger partial charge < -0.3 is 5.73 Å². The van der Waals surface area contributed by atoms with E-state index in [2.05, 4.69) is 5.10 Å². The zero-order valence-corrected chi connectivity index (χ0v) is 8.62. The van der Waals surface area contributed by atoms with Gasteiger partial charge in [-0.05, 0) is 19.8 Å². The summed E-state index contributed by atoms with van der Waals surface area (Å²) in [6.45, 7) is 1.85. The van der Waals surface area contributed by atoms with E-state index in [1.807, 2.05) is 0 Å². The fraction of sp³-hybridized carbons (Fsp3) is 0.500. The third-order valence-electron chi connectivity index (χ3n) is 2.63. The van der Waals surface area contributed by atoms with Crippen molar-refractivity contribution in [2.45, 2.75) is 32.7 Å². The van der Waals surface area contributed by atoms with Gasteiger partial charge in [-0.15, -0.1) is 0 Å². The van der Waals surface area contributed by atoms with Crippen molar-refractivity contribution in [3.63, 3.8) is 0 Å². The maximum atomic E-state index is 11.6. The molecule has 0 spiro atoms. The van der Waals surface area contributed by atoms with Crippen LogP contribution in [0.25, 0.3) is 0 Å². The second kappa shape index (κ2) is 3.49. The van der Waals surface area contributed by atoms with Crippen molar-refractivity contribution in [3.8, 4) is 0 Å². The predicted octanol–water partition coefficient (Wildman–Crippen LogP) is 0.196. The number of Topliss-reactive ketones (excluding diaryl/α,β-unsaturated/α-hetero) is 1. The van der Waals surface area contributed by atoms with E-state index < -0.39 is 5.91 Å². The molecule has 5 heteroatoms. The highest BCUT2D eigenvalue weighted by atomic mass is 16.1. The molecule has 0 saturated heterocycles. The Kier molecular flexibility index (Phi) is 2.30. The fourth-order valence-electron chi connectivity index (χ4n) is 2.07. The molecule has 2 rings (SSSR count). The van der Waals surface area contributed by atoms with Crippen LogP contribution in [0.2, 0.25) is 0 Å². The van der Waals surface area contributed by atoms with Gasteiger partial charge >= 0.3 is 0 Å². The molecule has 1 amide bonds. The van der Waals surface area contributed by atoms with Crippen LogP contribution in [-0.2, 0) is 17.8 Å². The summed E-state index contributed by atoms with van der Waals surface area (Å²) in [6, 6.07) is 0. The van der Waals surface area contributed by atoms with Crippen molar-refractivity contribution in [3.05, 3.63) is 17.0 Å². The summed E-state index contributed by atoms with van der Waals surface area (Å²) >= 11 is 0. The Morgan fingerprint density at radius 2 is 2.27 bits per heavy atom. The average molecular weight is 207 g/mol. The number of carbonyl (C=O) groups is 2. The molecule has 1 heterocycles.